The monoisotopic (exact) mass is 1160 g/mol. The number of aromatic nitrogens is 6. The van der Waals surface area contributed by atoms with Crippen LogP contribution in [0.5, 0.6) is 28.7 Å². The predicted octanol–water partition coefficient (Wildman–Crippen LogP) is 10.1. The molecule has 19 nitrogen and oxygen atoms in total. The number of hydrogen-bond donors (Lipinski definition) is 2. The summed E-state index contributed by atoms with van der Waals surface area (Å²) in [5.41, 5.74) is 4.25. The molecule has 4 aromatic carbocycles. The van der Waals surface area contributed by atoms with E-state index in [1.54, 1.807) is 26.4 Å². The van der Waals surface area contributed by atoms with Crippen LogP contribution in [0.15, 0.2) is 66.7 Å². The Balaban J connectivity index is 0.000000163. The van der Waals surface area contributed by atoms with Crippen molar-refractivity contribution in [3.63, 3.8) is 0 Å². The van der Waals surface area contributed by atoms with Gasteiger partial charge in [-0.05, 0) is 80.6 Å². The lowest BCUT2D eigenvalue weighted by molar-refractivity contribution is 0.187. The van der Waals surface area contributed by atoms with E-state index in [-0.39, 0.29) is 31.6 Å². The number of anilines is 5. The highest BCUT2D eigenvalue weighted by molar-refractivity contribution is 6.29. The van der Waals surface area contributed by atoms with Gasteiger partial charge in [-0.15, -0.1) is 0 Å². The van der Waals surface area contributed by atoms with E-state index in [4.69, 9.17) is 35.8 Å². The number of halogens is 1. The highest BCUT2D eigenvalue weighted by atomic mass is 35.5. The highest BCUT2D eigenvalue weighted by Gasteiger charge is 2.30. The van der Waals surface area contributed by atoms with Gasteiger partial charge in [-0.1, -0.05) is 70.9 Å². The van der Waals surface area contributed by atoms with Gasteiger partial charge in [0, 0.05) is 153 Å². The fourth-order valence-corrected chi connectivity index (χ4v) is 12.1. The SMILES string of the molecule is C.C.COc1cc2c(N3CCN(C)CC3)nc(N(C)C)nc2cc1O.COc1cc2c(N3CCN(C4CCCC4)CC3)nc(Cl)nc2cc1OCc1ccccc1.Cc1cc2c(N3CCN(C4CCCC4)CC3)nc(N(C)C)nc2cc1O. The van der Waals surface area contributed by atoms with E-state index in [9.17, 15) is 10.2 Å². The molecular weight excluding hydrogens is 1070 g/mol. The summed E-state index contributed by atoms with van der Waals surface area (Å²) >= 11 is 6.34. The van der Waals surface area contributed by atoms with Crippen LogP contribution in [0.1, 0.15) is 77.3 Å². The van der Waals surface area contributed by atoms with Gasteiger partial charge in [-0.25, -0.2) is 15.0 Å². The molecule has 2 aliphatic carbocycles. The van der Waals surface area contributed by atoms with E-state index in [0.717, 1.165) is 152 Å². The number of hydrogen-bond acceptors (Lipinski definition) is 19. The van der Waals surface area contributed by atoms with Crippen LogP contribution in [0.4, 0.5) is 29.4 Å². The van der Waals surface area contributed by atoms with Crippen molar-refractivity contribution in [2.24, 2.45) is 0 Å². The standard InChI is InChI=1S/C25H29ClN4O2.C20H29N5O.C16H23N5O2.2CH4/c1-31-22-15-20-21(16-23(22)32-17-18-7-3-2-4-8-18)27-25(26)28-24(20)30-13-11-29(12-14-30)19-9-5-6-10-19;1-14-12-16-17(13-18(14)26)21-20(23(2)3)22-19(16)25-10-8-24(9-11-25)15-6-4-5-7-15;1-19(2)16-17-12-10-13(22)14(23-4)9-11(12)15(18-16)21-7-5-20(3)6-8-21;;/h2-4,7-8,15-16,19H,5-6,9-14,17H2,1H3;12-13,15,26H,4-11H2,1-3H3;9-10,22H,5-8H2,1-4H3;2*1H4. The summed E-state index contributed by atoms with van der Waals surface area (Å²) in [6, 6.07) is 22.7. The van der Waals surface area contributed by atoms with Gasteiger partial charge in [0.2, 0.25) is 17.2 Å². The number of likely N-dealkylation sites (N-methyl/N-ethyl adjacent to an activating group) is 1. The number of phenolic OH excluding ortho intramolecular Hbond substituents is 2. The van der Waals surface area contributed by atoms with Gasteiger partial charge in [-0.3, -0.25) is 9.80 Å². The summed E-state index contributed by atoms with van der Waals surface area (Å²) in [6.45, 7) is 14.4. The first-order valence-electron chi connectivity index (χ1n) is 28.8. The molecule has 7 aromatic rings. The van der Waals surface area contributed by atoms with Crippen molar-refractivity contribution in [3.8, 4) is 28.7 Å². The number of piperazine rings is 3. The molecule has 3 aromatic heterocycles. The Morgan fingerprint density at radius 2 is 0.952 bits per heavy atom. The molecule has 5 fully saturated rings. The number of phenols is 2. The molecule has 2 saturated carbocycles. The summed E-state index contributed by atoms with van der Waals surface area (Å²) in [6.07, 6.45) is 10.9. The average Bonchev–Trinajstić information content (AvgIpc) is 4.33. The Kier molecular flexibility index (Phi) is 21.0. The van der Waals surface area contributed by atoms with E-state index in [2.05, 4.69) is 56.4 Å². The lowest BCUT2D eigenvalue weighted by Crippen LogP contribution is -2.50. The second-order valence-corrected chi connectivity index (χ2v) is 22.8. The molecule has 0 unspecified atom stereocenters. The summed E-state index contributed by atoms with van der Waals surface area (Å²) in [7, 11) is 13.1. The van der Waals surface area contributed by atoms with E-state index >= 15 is 0 Å². The molecule has 3 aliphatic heterocycles. The average molecular weight is 1160 g/mol. The topological polar surface area (TPSA) is 171 Å². The third kappa shape index (κ3) is 14.5. The van der Waals surface area contributed by atoms with Gasteiger partial charge < -0.3 is 53.8 Å². The zero-order valence-electron chi connectivity index (χ0n) is 48.6. The van der Waals surface area contributed by atoms with Crippen LogP contribution >= 0.6 is 11.6 Å². The zero-order chi connectivity index (χ0) is 56.7. The second-order valence-electron chi connectivity index (χ2n) is 22.5. The Bertz CT molecular complexity index is 3250. The molecule has 0 radical (unpaired) electrons. The lowest BCUT2D eigenvalue weighted by atomic mass is 10.1. The second kappa shape index (κ2) is 28.1. The smallest absolute Gasteiger partial charge is 0.227 e. The van der Waals surface area contributed by atoms with Crippen LogP contribution in [0.3, 0.4) is 0 Å². The van der Waals surface area contributed by atoms with Gasteiger partial charge in [0.15, 0.2) is 23.0 Å². The van der Waals surface area contributed by atoms with E-state index in [1.165, 1.54) is 51.4 Å². The van der Waals surface area contributed by atoms with Crippen molar-refractivity contribution in [2.75, 3.05) is 152 Å². The molecule has 12 rings (SSSR count). The maximum Gasteiger partial charge on any atom is 0.227 e. The molecule has 0 bridgehead atoms. The molecule has 3 saturated heterocycles. The van der Waals surface area contributed by atoms with Crippen molar-refractivity contribution in [1.29, 1.82) is 0 Å². The Hall–Kier alpha value is -6.93. The van der Waals surface area contributed by atoms with E-state index < -0.39 is 0 Å². The van der Waals surface area contributed by atoms with Crippen LogP contribution in [0, 0.1) is 6.92 Å². The quantitative estimate of drug-likeness (QED) is 0.111. The van der Waals surface area contributed by atoms with Crippen LogP contribution in [0.25, 0.3) is 32.7 Å². The van der Waals surface area contributed by atoms with Gasteiger partial charge in [-0.2, -0.15) is 15.0 Å². The Morgan fingerprint density at radius 3 is 1.43 bits per heavy atom. The minimum Gasteiger partial charge on any atom is -0.508 e. The number of ether oxygens (including phenoxy) is 3. The van der Waals surface area contributed by atoms with Crippen LogP contribution in [-0.2, 0) is 6.61 Å². The first-order valence-corrected chi connectivity index (χ1v) is 29.2. The molecule has 20 heteroatoms. The molecule has 83 heavy (non-hydrogen) atoms. The minimum absolute atomic E-state index is 0. The third-order valence-corrected chi connectivity index (χ3v) is 16.8. The first-order chi connectivity index (χ1) is 39.2. The maximum absolute atomic E-state index is 10.1. The van der Waals surface area contributed by atoms with Crippen molar-refractivity contribution >= 4 is 73.7 Å². The van der Waals surface area contributed by atoms with Crippen molar-refractivity contribution in [2.45, 2.75) is 91.8 Å². The number of methoxy groups -OCH3 is 2. The first kappa shape index (κ1) is 62.1. The largest absolute Gasteiger partial charge is 0.508 e. The fraction of sp³-hybridized carbons (Fsp3) is 0.524. The highest BCUT2D eigenvalue weighted by Crippen LogP contribution is 2.39. The molecule has 448 valence electrons. The summed E-state index contributed by atoms with van der Waals surface area (Å²) < 4.78 is 17.0. The lowest BCUT2D eigenvalue weighted by Gasteiger charge is -2.39. The van der Waals surface area contributed by atoms with Crippen LogP contribution in [0.2, 0.25) is 5.28 Å². The third-order valence-electron chi connectivity index (χ3n) is 16.6. The molecule has 6 heterocycles. The Morgan fingerprint density at radius 1 is 0.518 bits per heavy atom. The maximum atomic E-state index is 10.1. The van der Waals surface area contributed by atoms with Gasteiger partial charge in [0.05, 0.1) is 30.8 Å². The predicted molar refractivity (Wildman–Crippen MR) is 339 cm³/mol. The Labute approximate surface area is 496 Å². The normalized spacial score (nSPS) is 17.3. The fourth-order valence-electron chi connectivity index (χ4n) is 11.9. The number of rotatable bonds is 12. The minimum atomic E-state index is 0. The molecule has 5 aliphatic rings. The number of aryl methyl sites for hydroxylation is 1. The van der Waals surface area contributed by atoms with Gasteiger partial charge in [0.25, 0.3) is 0 Å². The molecule has 0 atom stereocenters. The van der Waals surface area contributed by atoms with Crippen LogP contribution < -0.4 is 38.7 Å². The zero-order valence-corrected chi connectivity index (χ0v) is 49.4. The number of fused-ring (bicyclic) bond motifs is 3. The molecule has 0 amide bonds. The van der Waals surface area contributed by atoms with Gasteiger partial charge in [0.1, 0.15) is 29.8 Å². The number of benzene rings is 4. The summed E-state index contributed by atoms with van der Waals surface area (Å²) in [4.78, 5) is 46.3. The van der Waals surface area contributed by atoms with Crippen molar-refractivity contribution in [3.05, 3.63) is 83.1 Å². The van der Waals surface area contributed by atoms with Crippen molar-refractivity contribution in [1.82, 2.24) is 44.6 Å². The molecule has 2 N–H and O–H groups in total. The van der Waals surface area contributed by atoms with E-state index in [0.29, 0.717) is 35.8 Å². The molecule has 0 spiro atoms. The van der Waals surface area contributed by atoms with Crippen LogP contribution in [-0.4, -0.2) is 195 Å². The van der Waals surface area contributed by atoms with Gasteiger partial charge >= 0.3 is 0 Å². The van der Waals surface area contributed by atoms with Crippen molar-refractivity contribution < 1.29 is 24.4 Å². The van der Waals surface area contributed by atoms with E-state index in [1.807, 2.05) is 99.5 Å². The number of nitrogens with zero attached hydrogens (tertiary/aromatic N) is 14. The molecular formula is C63H89ClN14O5. The summed E-state index contributed by atoms with van der Waals surface area (Å²) in [5.74, 6) is 6.22. The number of aromatic hydroxyl groups is 2. The summed E-state index contributed by atoms with van der Waals surface area (Å²) in [5, 5.41) is 23.3.